The lowest BCUT2D eigenvalue weighted by Crippen LogP contribution is -2.28. The highest BCUT2D eigenvalue weighted by Gasteiger charge is 2.26. The van der Waals surface area contributed by atoms with Crippen molar-refractivity contribution in [2.45, 2.75) is 26.9 Å². The number of ether oxygens (including phenoxy) is 2. The second-order valence-electron chi connectivity index (χ2n) is 7.14. The first-order chi connectivity index (χ1) is 14.4. The Balaban J connectivity index is 1.74. The molecule has 0 unspecified atom stereocenters. The molecule has 30 heavy (non-hydrogen) atoms. The Morgan fingerprint density at radius 2 is 1.57 bits per heavy atom. The van der Waals surface area contributed by atoms with Crippen LogP contribution in [0.25, 0.3) is 0 Å². The average molecular weight is 403 g/mol. The van der Waals surface area contributed by atoms with E-state index in [4.69, 9.17) is 9.47 Å². The molecule has 0 spiro atoms. The molecule has 0 saturated carbocycles. The van der Waals surface area contributed by atoms with Gasteiger partial charge in [-0.2, -0.15) is 0 Å². The van der Waals surface area contributed by atoms with Gasteiger partial charge >= 0.3 is 5.97 Å². The number of aryl methyl sites for hydroxylation is 3. The van der Waals surface area contributed by atoms with Crippen molar-refractivity contribution in [1.82, 2.24) is 0 Å². The van der Waals surface area contributed by atoms with E-state index in [0.29, 0.717) is 17.0 Å². The van der Waals surface area contributed by atoms with E-state index >= 15 is 0 Å². The summed E-state index contributed by atoms with van der Waals surface area (Å²) in [6.45, 7) is 5.47. The normalized spacial score (nSPS) is 11.4. The van der Waals surface area contributed by atoms with Crippen molar-refractivity contribution in [3.8, 4) is 5.75 Å². The second-order valence-corrected chi connectivity index (χ2v) is 7.14. The fourth-order valence-electron chi connectivity index (χ4n) is 2.99. The van der Waals surface area contributed by atoms with Crippen molar-refractivity contribution >= 4 is 17.6 Å². The number of nitrogens with one attached hydrogen (secondary N) is 1. The SMILES string of the molecule is Cc1ccc(C)c(NC(=O)[C@@H](OC(=O)COc2ccccc2C)c2ccccc2)c1. The van der Waals surface area contributed by atoms with E-state index in [-0.39, 0.29) is 6.61 Å². The van der Waals surface area contributed by atoms with Crippen LogP contribution in [-0.4, -0.2) is 18.5 Å². The van der Waals surface area contributed by atoms with Crippen LogP contribution in [-0.2, 0) is 14.3 Å². The number of esters is 1. The van der Waals surface area contributed by atoms with Crippen LogP contribution in [0.3, 0.4) is 0 Å². The molecule has 0 bridgehead atoms. The lowest BCUT2D eigenvalue weighted by molar-refractivity contribution is -0.156. The molecule has 1 N–H and O–H groups in total. The molecule has 0 heterocycles. The number of hydrogen-bond donors (Lipinski definition) is 1. The quantitative estimate of drug-likeness (QED) is 0.569. The number of amides is 1. The number of carbonyl (C=O) groups excluding carboxylic acids is 2. The topological polar surface area (TPSA) is 64.6 Å². The van der Waals surface area contributed by atoms with Gasteiger partial charge in [0, 0.05) is 11.3 Å². The van der Waals surface area contributed by atoms with Crippen molar-refractivity contribution < 1.29 is 19.1 Å². The third-order valence-corrected chi connectivity index (χ3v) is 4.68. The molecule has 3 aromatic rings. The summed E-state index contributed by atoms with van der Waals surface area (Å²) < 4.78 is 11.1. The molecule has 5 heteroatoms. The first-order valence-electron chi connectivity index (χ1n) is 9.75. The summed E-state index contributed by atoms with van der Waals surface area (Å²) in [4.78, 5) is 25.5. The highest BCUT2D eigenvalue weighted by atomic mass is 16.6. The van der Waals surface area contributed by atoms with Crippen LogP contribution in [0.2, 0.25) is 0 Å². The molecule has 0 aliphatic heterocycles. The van der Waals surface area contributed by atoms with Crippen LogP contribution in [0.15, 0.2) is 72.8 Å². The van der Waals surface area contributed by atoms with E-state index in [9.17, 15) is 9.59 Å². The standard InChI is InChI=1S/C25H25NO4/c1-17-13-14-18(2)21(15-17)26-25(28)24(20-10-5-4-6-11-20)30-23(27)16-29-22-12-8-7-9-19(22)3/h4-15,24H,16H2,1-3H3,(H,26,28)/t24-/m0/s1. The first kappa shape index (κ1) is 21.1. The maximum Gasteiger partial charge on any atom is 0.345 e. The molecule has 0 aliphatic carbocycles. The van der Waals surface area contributed by atoms with Gasteiger partial charge in [-0.05, 0) is 49.6 Å². The van der Waals surface area contributed by atoms with E-state index in [2.05, 4.69) is 5.32 Å². The molecule has 3 aromatic carbocycles. The minimum absolute atomic E-state index is 0.287. The maximum absolute atomic E-state index is 13.0. The van der Waals surface area contributed by atoms with Gasteiger partial charge < -0.3 is 14.8 Å². The Kier molecular flexibility index (Phi) is 6.86. The van der Waals surface area contributed by atoms with Gasteiger partial charge in [0.05, 0.1) is 0 Å². The van der Waals surface area contributed by atoms with Crippen LogP contribution in [0, 0.1) is 20.8 Å². The maximum atomic E-state index is 13.0. The Morgan fingerprint density at radius 1 is 0.867 bits per heavy atom. The Bertz CT molecular complexity index is 1030. The summed E-state index contributed by atoms with van der Waals surface area (Å²) in [5.74, 6) is -0.437. The van der Waals surface area contributed by atoms with E-state index < -0.39 is 18.0 Å². The summed E-state index contributed by atoms with van der Waals surface area (Å²) in [5, 5.41) is 2.88. The largest absolute Gasteiger partial charge is 0.482 e. The second kappa shape index (κ2) is 9.74. The molecule has 154 valence electrons. The molecule has 1 atom stereocenters. The molecule has 0 aromatic heterocycles. The van der Waals surface area contributed by atoms with Crippen LogP contribution in [0.1, 0.15) is 28.4 Å². The summed E-state index contributed by atoms with van der Waals surface area (Å²) >= 11 is 0. The molecule has 3 rings (SSSR count). The molecule has 0 fully saturated rings. The third-order valence-electron chi connectivity index (χ3n) is 4.68. The predicted molar refractivity (Wildman–Crippen MR) is 116 cm³/mol. The van der Waals surface area contributed by atoms with Gasteiger partial charge in [0.1, 0.15) is 5.75 Å². The van der Waals surface area contributed by atoms with E-state index in [0.717, 1.165) is 16.7 Å². The lowest BCUT2D eigenvalue weighted by Gasteiger charge is -2.19. The van der Waals surface area contributed by atoms with Gasteiger partial charge in [0.25, 0.3) is 5.91 Å². The number of para-hydroxylation sites is 1. The third kappa shape index (κ3) is 5.47. The van der Waals surface area contributed by atoms with Crippen molar-refractivity contribution in [2.75, 3.05) is 11.9 Å². The summed E-state index contributed by atoms with van der Waals surface area (Å²) in [7, 11) is 0. The van der Waals surface area contributed by atoms with E-state index in [1.807, 2.05) is 63.2 Å². The van der Waals surface area contributed by atoms with Crippen molar-refractivity contribution in [3.05, 3.63) is 95.1 Å². The van der Waals surface area contributed by atoms with Crippen molar-refractivity contribution in [1.29, 1.82) is 0 Å². The molecule has 5 nitrogen and oxygen atoms in total. The minimum atomic E-state index is -1.08. The van der Waals surface area contributed by atoms with Crippen LogP contribution in [0.4, 0.5) is 5.69 Å². The van der Waals surface area contributed by atoms with Gasteiger partial charge in [0.2, 0.25) is 6.10 Å². The summed E-state index contributed by atoms with van der Waals surface area (Å²) in [6.07, 6.45) is -1.08. The minimum Gasteiger partial charge on any atom is -0.482 e. The highest BCUT2D eigenvalue weighted by molar-refractivity contribution is 5.96. The van der Waals surface area contributed by atoms with Crippen molar-refractivity contribution in [3.63, 3.8) is 0 Å². The van der Waals surface area contributed by atoms with Gasteiger partial charge in [0.15, 0.2) is 6.61 Å². The molecule has 0 radical (unpaired) electrons. The van der Waals surface area contributed by atoms with Crippen LogP contribution >= 0.6 is 0 Å². The van der Waals surface area contributed by atoms with Crippen LogP contribution < -0.4 is 10.1 Å². The summed E-state index contributed by atoms with van der Waals surface area (Å²) in [5.41, 5.74) is 4.14. The Hall–Kier alpha value is -3.60. The van der Waals surface area contributed by atoms with Gasteiger partial charge in [-0.3, -0.25) is 4.79 Å². The zero-order valence-electron chi connectivity index (χ0n) is 17.3. The number of rotatable bonds is 7. The molecular formula is C25H25NO4. The fraction of sp³-hybridized carbons (Fsp3) is 0.200. The molecule has 0 saturated heterocycles. The molecule has 0 aliphatic rings. The number of carbonyl (C=O) groups is 2. The van der Waals surface area contributed by atoms with Gasteiger partial charge in [-0.25, -0.2) is 4.79 Å². The Morgan fingerprint density at radius 3 is 2.30 bits per heavy atom. The predicted octanol–water partition coefficient (Wildman–Crippen LogP) is 4.91. The lowest BCUT2D eigenvalue weighted by atomic mass is 10.1. The monoisotopic (exact) mass is 403 g/mol. The molecular weight excluding hydrogens is 378 g/mol. The van der Waals surface area contributed by atoms with E-state index in [1.54, 1.807) is 30.3 Å². The smallest absolute Gasteiger partial charge is 0.345 e. The van der Waals surface area contributed by atoms with Gasteiger partial charge in [-0.1, -0.05) is 60.7 Å². The first-order valence-corrected chi connectivity index (χ1v) is 9.75. The number of benzene rings is 3. The fourth-order valence-corrected chi connectivity index (χ4v) is 2.99. The van der Waals surface area contributed by atoms with Gasteiger partial charge in [-0.15, -0.1) is 0 Å². The average Bonchev–Trinajstić information content (AvgIpc) is 2.74. The highest BCUT2D eigenvalue weighted by Crippen LogP contribution is 2.23. The summed E-state index contributed by atoms with van der Waals surface area (Å²) in [6, 6.07) is 22.1. The zero-order chi connectivity index (χ0) is 21.5. The number of hydrogen-bond acceptors (Lipinski definition) is 4. The number of anilines is 1. The molecule has 1 amide bonds. The Labute approximate surface area is 176 Å². The van der Waals surface area contributed by atoms with Crippen LogP contribution in [0.5, 0.6) is 5.75 Å². The zero-order valence-corrected chi connectivity index (χ0v) is 17.3. The van der Waals surface area contributed by atoms with Crippen molar-refractivity contribution in [2.24, 2.45) is 0 Å². The van der Waals surface area contributed by atoms with E-state index in [1.165, 1.54) is 0 Å².